The Labute approximate surface area is 74.6 Å². The van der Waals surface area contributed by atoms with Crippen LogP contribution in [-0.4, -0.2) is 9.55 Å². The molecule has 0 saturated heterocycles. The molecule has 0 aliphatic heterocycles. The van der Waals surface area contributed by atoms with E-state index in [9.17, 15) is 0 Å². The predicted molar refractivity (Wildman–Crippen MR) is 51.2 cm³/mol. The first-order valence-corrected chi connectivity index (χ1v) is 4.57. The van der Waals surface area contributed by atoms with Crippen molar-refractivity contribution in [2.24, 2.45) is 0 Å². The normalized spacial score (nSPS) is 12.0. The highest BCUT2D eigenvalue weighted by atomic mass is 15.1. The summed E-state index contributed by atoms with van der Waals surface area (Å²) >= 11 is 0. The Balaban J connectivity index is 2.91. The first kappa shape index (κ1) is 9.30. The third kappa shape index (κ3) is 1.87. The van der Waals surface area contributed by atoms with Gasteiger partial charge in [0.05, 0.1) is 0 Å². The fourth-order valence-electron chi connectivity index (χ4n) is 1.37. The van der Waals surface area contributed by atoms with Gasteiger partial charge < -0.3 is 4.57 Å². The average molecular weight is 166 g/mol. The molecule has 0 atom stereocenters. The highest BCUT2D eigenvalue weighted by molar-refractivity contribution is 5.04. The van der Waals surface area contributed by atoms with Gasteiger partial charge in [-0.2, -0.15) is 0 Å². The van der Waals surface area contributed by atoms with Gasteiger partial charge in [-0.05, 0) is 6.42 Å². The van der Waals surface area contributed by atoms with Gasteiger partial charge in [-0.25, -0.2) is 4.98 Å². The Bertz CT molecular complexity index is 243. The molecule has 0 spiro atoms. The fraction of sp³-hybridized carbons (Fsp3) is 0.700. The third-order valence-corrected chi connectivity index (χ3v) is 1.85. The molecule has 0 saturated carbocycles. The van der Waals surface area contributed by atoms with E-state index in [-0.39, 0.29) is 5.41 Å². The van der Waals surface area contributed by atoms with E-state index in [2.05, 4.69) is 43.4 Å². The minimum absolute atomic E-state index is 0.165. The summed E-state index contributed by atoms with van der Waals surface area (Å²) in [6.07, 6.45) is 5.11. The molecule has 0 fully saturated rings. The number of aromatic nitrogens is 2. The lowest BCUT2D eigenvalue weighted by molar-refractivity contribution is 0.495. The quantitative estimate of drug-likeness (QED) is 0.660. The third-order valence-electron chi connectivity index (χ3n) is 1.85. The Morgan fingerprint density at radius 1 is 1.42 bits per heavy atom. The SMILES string of the molecule is CCCn1ccnc1C(C)(C)C. The summed E-state index contributed by atoms with van der Waals surface area (Å²) in [5.41, 5.74) is 0.165. The second-order valence-corrected chi connectivity index (χ2v) is 4.19. The van der Waals surface area contributed by atoms with Crippen molar-refractivity contribution < 1.29 is 0 Å². The Morgan fingerprint density at radius 2 is 2.08 bits per heavy atom. The van der Waals surface area contributed by atoms with E-state index in [4.69, 9.17) is 0 Å². The lowest BCUT2D eigenvalue weighted by Crippen LogP contribution is -2.18. The molecule has 0 aliphatic rings. The van der Waals surface area contributed by atoms with Gasteiger partial charge in [-0.3, -0.25) is 0 Å². The molecule has 0 bridgehead atoms. The molecular formula is C10H18N2. The number of hydrogen-bond acceptors (Lipinski definition) is 1. The first-order chi connectivity index (χ1) is 5.55. The van der Waals surface area contributed by atoms with E-state index in [1.807, 2.05) is 6.20 Å². The monoisotopic (exact) mass is 166 g/mol. The van der Waals surface area contributed by atoms with Gasteiger partial charge >= 0.3 is 0 Å². The molecule has 0 amide bonds. The molecule has 68 valence electrons. The van der Waals surface area contributed by atoms with Gasteiger partial charge in [0.15, 0.2) is 0 Å². The highest BCUT2D eigenvalue weighted by Gasteiger charge is 2.18. The van der Waals surface area contributed by atoms with Crippen LogP contribution in [0.1, 0.15) is 39.9 Å². The van der Waals surface area contributed by atoms with Crippen LogP contribution >= 0.6 is 0 Å². The molecule has 0 aliphatic carbocycles. The van der Waals surface area contributed by atoms with Crippen LogP contribution < -0.4 is 0 Å². The summed E-state index contributed by atoms with van der Waals surface area (Å²) in [5.74, 6) is 1.18. The number of rotatable bonds is 2. The molecule has 0 radical (unpaired) electrons. The summed E-state index contributed by atoms with van der Waals surface area (Å²) in [6, 6.07) is 0. The Kier molecular flexibility index (Phi) is 2.55. The molecule has 12 heavy (non-hydrogen) atoms. The predicted octanol–water partition coefficient (Wildman–Crippen LogP) is 2.59. The molecule has 1 heterocycles. The van der Waals surface area contributed by atoms with Crippen LogP contribution in [0.15, 0.2) is 12.4 Å². The van der Waals surface area contributed by atoms with Crippen molar-refractivity contribution in [1.82, 2.24) is 9.55 Å². The van der Waals surface area contributed by atoms with E-state index in [1.54, 1.807) is 0 Å². The summed E-state index contributed by atoms with van der Waals surface area (Å²) in [6.45, 7) is 9.85. The second-order valence-electron chi connectivity index (χ2n) is 4.19. The molecule has 0 aromatic carbocycles. The van der Waals surface area contributed by atoms with Crippen LogP contribution in [-0.2, 0) is 12.0 Å². The first-order valence-electron chi connectivity index (χ1n) is 4.57. The maximum Gasteiger partial charge on any atom is 0.114 e. The topological polar surface area (TPSA) is 17.8 Å². The number of nitrogens with zero attached hydrogens (tertiary/aromatic N) is 2. The summed E-state index contributed by atoms with van der Waals surface area (Å²) in [7, 11) is 0. The van der Waals surface area contributed by atoms with Crippen LogP contribution in [0.3, 0.4) is 0 Å². The van der Waals surface area contributed by atoms with Crippen LogP contribution in [0.5, 0.6) is 0 Å². The van der Waals surface area contributed by atoms with Gasteiger partial charge in [0, 0.05) is 24.4 Å². The largest absolute Gasteiger partial charge is 0.335 e. The van der Waals surface area contributed by atoms with Gasteiger partial charge in [0.2, 0.25) is 0 Å². The second kappa shape index (κ2) is 3.30. The van der Waals surface area contributed by atoms with E-state index in [0.717, 1.165) is 6.54 Å². The van der Waals surface area contributed by atoms with E-state index < -0.39 is 0 Å². The molecule has 0 unspecified atom stereocenters. The molecular weight excluding hydrogens is 148 g/mol. The number of imidazole rings is 1. The lowest BCUT2D eigenvalue weighted by Gasteiger charge is -2.19. The van der Waals surface area contributed by atoms with Gasteiger partial charge in [0.25, 0.3) is 0 Å². The number of aryl methyl sites for hydroxylation is 1. The zero-order valence-electron chi connectivity index (χ0n) is 8.46. The van der Waals surface area contributed by atoms with Crippen molar-refractivity contribution in [2.45, 2.75) is 46.1 Å². The maximum atomic E-state index is 4.37. The van der Waals surface area contributed by atoms with Gasteiger partial charge in [-0.15, -0.1) is 0 Å². The molecule has 2 nitrogen and oxygen atoms in total. The van der Waals surface area contributed by atoms with Crippen molar-refractivity contribution in [3.8, 4) is 0 Å². The fourth-order valence-corrected chi connectivity index (χ4v) is 1.37. The van der Waals surface area contributed by atoms with Crippen molar-refractivity contribution in [3.63, 3.8) is 0 Å². The Hall–Kier alpha value is -0.790. The van der Waals surface area contributed by atoms with Crippen LogP contribution in [0.4, 0.5) is 0 Å². The summed E-state index contributed by atoms with van der Waals surface area (Å²) in [4.78, 5) is 4.37. The Morgan fingerprint density at radius 3 is 2.58 bits per heavy atom. The van der Waals surface area contributed by atoms with E-state index in [1.165, 1.54) is 12.2 Å². The summed E-state index contributed by atoms with van der Waals surface area (Å²) in [5, 5.41) is 0. The van der Waals surface area contributed by atoms with Crippen LogP contribution in [0, 0.1) is 0 Å². The molecule has 1 rings (SSSR count). The van der Waals surface area contributed by atoms with Crippen molar-refractivity contribution in [2.75, 3.05) is 0 Å². The minimum Gasteiger partial charge on any atom is -0.335 e. The standard InChI is InChI=1S/C10H18N2/c1-5-7-12-8-6-11-9(12)10(2,3)4/h6,8H,5,7H2,1-4H3. The average Bonchev–Trinajstić information content (AvgIpc) is 2.34. The van der Waals surface area contributed by atoms with Crippen molar-refractivity contribution in [3.05, 3.63) is 18.2 Å². The smallest absolute Gasteiger partial charge is 0.114 e. The van der Waals surface area contributed by atoms with Gasteiger partial charge in [-0.1, -0.05) is 27.7 Å². The van der Waals surface area contributed by atoms with Crippen molar-refractivity contribution >= 4 is 0 Å². The van der Waals surface area contributed by atoms with E-state index >= 15 is 0 Å². The molecule has 2 heteroatoms. The van der Waals surface area contributed by atoms with Crippen molar-refractivity contribution in [1.29, 1.82) is 0 Å². The van der Waals surface area contributed by atoms with Crippen LogP contribution in [0.2, 0.25) is 0 Å². The zero-order chi connectivity index (χ0) is 9.19. The zero-order valence-corrected chi connectivity index (χ0v) is 8.46. The molecule has 1 aromatic rings. The minimum atomic E-state index is 0.165. The number of hydrogen-bond donors (Lipinski definition) is 0. The van der Waals surface area contributed by atoms with E-state index in [0.29, 0.717) is 0 Å². The summed E-state index contributed by atoms with van der Waals surface area (Å²) < 4.78 is 2.24. The molecule has 0 N–H and O–H groups in total. The molecule has 1 aromatic heterocycles. The highest BCUT2D eigenvalue weighted by Crippen LogP contribution is 2.20. The maximum absolute atomic E-state index is 4.37. The van der Waals surface area contributed by atoms with Crippen LogP contribution in [0.25, 0.3) is 0 Å². The lowest BCUT2D eigenvalue weighted by atomic mass is 9.96. The van der Waals surface area contributed by atoms with Gasteiger partial charge in [0.1, 0.15) is 5.82 Å².